The SMILES string of the molecule is CCC1(N2N=C(c3cc(F)ccc3F)SC2(CCCN)c2ccccc2)NNC(C(=O)O)O1. The number of thioether (sulfide) groups is 1. The van der Waals surface area contributed by atoms with Crippen molar-refractivity contribution in [2.24, 2.45) is 10.8 Å². The van der Waals surface area contributed by atoms with Crippen LogP contribution in [0.5, 0.6) is 0 Å². The maximum atomic E-state index is 14.7. The van der Waals surface area contributed by atoms with Gasteiger partial charge >= 0.3 is 5.97 Å². The second-order valence-electron chi connectivity index (χ2n) is 7.73. The molecule has 1 fully saturated rings. The number of aliphatic carboxylic acids is 1. The number of nitrogens with zero attached hydrogens (tertiary/aromatic N) is 2. The van der Waals surface area contributed by atoms with Crippen molar-refractivity contribution in [2.45, 2.75) is 43.1 Å². The topological polar surface area (TPSA) is 112 Å². The van der Waals surface area contributed by atoms with Gasteiger partial charge in [0.05, 0.1) is 0 Å². The molecule has 0 amide bonds. The molecule has 3 unspecified atom stereocenters. The fraction of sp³-hybridized carbons (Fsp3) is 0.364. The number of nitrogens with two attached hydrogens (primary N) is 1. The average molecular weight is 478 g/mol. The Morgan fingerprint density at radius 2 is 2.06 bits per heavy atom. The number of carbonyl (C=O) groups is 1. The molecule has 2 aliphatic heterocycles. The third-order valence-corrected chi connectivity index (χ3v) is 7.10. The van der Waals surface area contributed by atoms with Gasteiger partial charge in [-0.15, -0.1) is 0 Å². The Balaban J connectivity index is 1.89. The summed E-state index contributed by atoms with van der Waals surface area (Å²) in [6.07, 6.45) is 0.0713. The third kappa shape index (κ3) is 4.22. The van der Waals surface area contributed by atoms with Gasteiger partial charge in [-0.05, 0) is 43.1 Å². The summed E-state index contributed by atoms with van der Waals surface area (Å²) >= 11 is 1.26. The molecule has 0 aromatic heterocycles. The van der Waals surface area contributed by atoms with Crippen LogP contribution in [0.2, 0.25) is 0 Å². The zero-order chi connectivity index (χ0) is 23.6. The van der Waals surface area contributed by atoms with Gasteiger partial charge in [-0.1, -0.05) is 49.0 Å². The van der Waals surface area contributed by atoms with E-state index in [4.69, 9.17) is 15.6 Å². The summed E-state index contributed by atoms with van der Waals surface area (Å²) in [5.74, 6) is -3.77. The largest absolute Gasteiger partial charge is 0.478 e. The molecule has 2 aliphatic rings. The summed E-state index contributed by atoms with van der Waals surface area (Å²) in [5.41, 5.74) is 12.3. The van der Waals surface area contributed by atoms with Crippen molar-refractivity contribution in [2.75, 3.05) is 6.54 Å². The first-order chi connectivity index (χ1) is 15.8. The molecule has 5 N–H and O–H groups in total. The lowest BCUT2D eigenvalue weighted by Gasteiger charge is -2.46. The predicted octanol–water partition coefficient (Wildman–Crippen LogP) is 2.87. The molecule has 0 aliphatic carbocycles. The normalized spacial score (nSPS) is 27.1. The third-order valence-electron chi connectivity index (χ3n) is 5.66. The number of hydrazone groups is 1. The van der Waals surface area contributed by atoms with E-state index in [2.05, 4.69) is 10.9 Å². The lowest BCUT2D eigenvalue weighted by molar-refractivity contribution is -0.195. The molecular formula is C22H25F2N5O3S. The van der Waals surface area contributed by atoms with Gasteiger partial charge in [0.25, 0.3) is 0 Å². The van der Waals surface area contributed by atoms with Crippen LogP contribution in [-0.2, 0) is 14.4 Å². The number of hydrazine groups is 1. The summed E-state index contributed by atoms with van der Waals surface area (Å²) in [6.45, 7) is 2.22. The van der Waals surface area contributed by atoms with E-state index in [9.17, 15) is 18.7 Å². The van der Waals surface area contributed by atoms with Crippen LogP contribution < -0.4 is 16.6 Å². The van der Waals surface area contributed by atoms with Crippen molar-refractivity contribution in [3.8, 4) is 0 Å². The van der Waals surface area contributed by atoms with E-state index in [1.54, 1.807) is 5.01 Å². The Morgan fingerprint density at radius 3 is 2.70 bits per heavy atom. The average Bonchev–Trinajstić information content (AvgIpc) is 3.44. The van der Waals surface area contributed by atoms with Crippen LogP contribution in [0.15, 0.2) is 53.6 Å². The lowest BCUT2D eigenvalue weighted by Crippen LogP contribution is -2.60. The van der Waals surface area contributed by atoms with Gasteiger partial charge in [0, 0.05) is 12.0 Å². The number of hydrogen-bond acceptors (Lipinski definition) is 8. The first-order valence-electron chi connectivity index (χ1n) is 10.6. The number of carboxylic acid groups (broad SMARTS) is 1. The number of benzene rings is 2. The minimum atomic E-state index is -1.37. The first-order valence-corrected chi connectivity index (χ1v) is 11.4. The molecule has 2 aromatic carbocycles. The lowest BCUT2D eigenvalue weighted by atomic mass is 9.99. The molecule has 2 aromatic rings. The van der Waals surface area contributed by atoms with E-state index >= 15 is 0 Å². The van der Waals surface area contributed by atoms with Crippen LogP contribution in [-0.4, -0.2) is 39.8 Å². The summed E-state index contributed by atoms with van der Waals surface area (Å²) in [4.78, 5) is 10.7. The summed E-state index contributed by atoms with van der Waals surface area (Å²) in [7, 11) is 0. The van der Waals surface area contributed by atoms with Crippen LogP contribution in [0.1, 0.15) is 37.3 Å². The van der Waals surface area contributed by atoms with E-state index < -0.39 is 34.6 Å². The Morgan fingerprint density at radius 1 is 1.30 bits per heavy atom. The fourth-order valence-corrected chi connectivity index (χ4v) is 5.51. The summed E-state index contributed by atoms with van der Waals surface area (Å²) in [6, 6.07) is 12.7. The highest BCUT2D eigenvalue weighted by Gasteiger charge is 2.58. The maximum absolute atomic E-state index is 14.7. The van der Waals surface area contributed by atoms with Crippen molar-refractivity contribution in [3.63, 3.8) is 0 Å². The van der Waals surface area contributed by atoms with Crippen LogP contribution >= 0.6 is 11.8 Å². The molecule has 0 spiro atoms. The van der Waals surface area contributed by atoms with Gasteiger partial charge in [-0.2, -0.15) is 5.10 Å². The minimum Gasteiger partial charge on any atom is -0.478 e. The van der Waals surface area contributed by atoms with Gasteiger partial charge in [-0.25, -0.2) is 29.4 Å². The van der Waals surface area contributed by atoms with Crippen LogP contribution in [0.4, 0.5) is 8.78 Å². The van der Waals surface area contributed by atoms with Gasteiger partial charge in [0.15, 0.2) is 0 Å². The Kier molecular flexibility index (Phi) is 6.68. The Hall–Kier alpha value is -2.57. The van der Waals surface area contributed by atoms with Crippen molar-refractivity contribution < 1.29 is 23.4 Å². The van der Waals surface area contributed by atoms with Crippen LogP contribution in [0.25, 0.3) is 0 Å². The zero-order valence-electron chi connectivity index (χ0n) is 17.9. The minimum absolute atomic E-state index is 0.0162. The Labute approximate surface area is 194 Å². The molecule has 8 nitrogen and oxygen atoms in total. The number of carboxylic acids is 1. The molecular weight excluding hydrogens is 452 g/mol. The molecule has 11 heteroatoms. The predicted molar refractivity (Wildman–Crippen MR) is 121 cm³/mol. The van der Waals surface area contributed by atoms with Gasteiger partial charge in [0.2, 0.25) is 12.1 Å². The van der Waals surface area contributed by atoms with E-state index in [1.807, 2.05) is 37.3 Å². The van der Waals surface area contributed by atoms with Crippen molar-refractivity contribution in [1.29, 1.82) is 0 Å². The van der Waals surface area contributed by atoms with Gasteiger partial charge in [0.1, 0.15) is 21.5 Å². The molecule has 1 saturated heterocycles. The highest BCUT2D eigenvalue weighted by molar-refractivity contribution is 8.15. The van der Waals surface area contributed by atoms with E-state index in [0.29, 0.717) is 25.8 Å². The van der Waals surface area contributed by atoms with E-state index in [0.717, 1.165) is 23.8 Å². The number of nitrogens with one attached hydrogen (secondary N) is 2. The second kappa shape index (κ2) is 9.35. The number of rotatable bonds is 8. The van der Waals surface area contributed by atoms with Crippen molar-refractivity contribution >= 4 is 22.8 Å². The van der Waals surface area contributed by atoms with Crippen molar-refractivity contribution in [1.82, 2.24) is 15.9 Å². The number of halogens is 2. The maximum Gasteiger partial charge on any atom is 0.349 e. The monoisotopic (exact) mass is 477 g/mol. The molecule has 4 rings (SSSR count). The zero-order valence-corrected chi connectivity index (χ0v) is 18.7. The number of hydrogen-bond donors (Lipinski definition) is 4. The second-order valence-corrected chi connectivity index (χ2v) is 9.00. The highest BCUT2D eigenvalue weighted by atomic mass is 32.2. The highest BCUT2D eigenvalue weighted by Crippen LogP contribution is 2.54. The quantitative estimate of drug-likeness (QED) is 0.459. The van der Waals surface area contributed by atoms with E-state index in [1.165, 1.54) is 11.8 Å². The smallest absolute Gasteiger partial charge is 0.349 e. The molecule has 0 saturated carbocycles. The van der Waals surface area contributed by atoms with Crippen molar-refractivity contribution in [3.05, 3.63) is 71.3 Å². The molecule has 33 heavy (non-hydrogen) atoms. The Bertz CT molecular complexity index is 1060. The van der Waals surface area contributed by atoms with Gasteiger partial charge in [-0.3, -0.25) is 0 Å². The van der Waals surface area contributed by atoms with Gasteiger partial charge < -0.3 is 15.6 Å². The summed E-state index contributed by atoms with van der Waals surface area (Å²) < 4.78 is 34.7. The molecule has 2 heterocycles. The van der Waals surface area contributed by atoms with Crippen LogP contribution in [0.3, 0.4) is 0 Å². The fourth-order valence-electron chi connectivity index (χ4n) is 4.03. The van der Waals surface area contributed by atoms with E-state index in [-0.39, 0.29) is 10.6 Å². The molecule has 0 radical (unpaired) electrons. The molecule has 0 bridgehead atoms. The molecule has 176 valence electrons. The first kappa shape index (κ1) is 23.6. The number of ether oxygens (including phenoxy) is 1. The summed E-state index contributed by atoms with van der Waals surface area (Å²) in [5, 5.41) is 16.1. The standard InChI is InChI=1S/C22H25F2N5O3S/c1-2-22(28-26-18(32-22)20(30)31)29-21(11-6-12-25,14-7-4-3-5-8-14)33-19(27-29)16-13-15(23)9-10-17(16)24/h3-5,7-10,13,18,26,28H,2,6,11-12,25H2,1H3,(H,30,31). The van der Waals surface area contributed by atoms with Crippen LogP contribution in [0, 0.1) is 11.6 Å². The molecule has 3 atom stereocenters.